The largest absolute Gasteiger partial charge is 0.481 e. The van der Waals surface area contributed by atoms with Gasteiger partial charge in [-0.25, -0.2) is 4.98 Å². The van der Waals surface area contributed by atoms with Crippen LogP contribution in [0.1, 0.15) is 18.5 Å². The molecule has 88 valence electrons. The Hall–Kier alpha value is -0.800. The van der Waals surface area contributed by atoms with Crippen LogP contribution in [0.4, 0.5) is 0 Å². The molecule has 1 aromatic heterocycles. The summed E-state index contributed by atoms with van der Waals surface area (Å²) >= 11 is 6.07. The van der Waals surface area contributed by atoms with Crippen LogP contribution in [-0.2, 0) is 6.54 Å². The Labute approximate surface area is 101 Å². The number of piperidine rings is 1. The SMILES string of the molecule is COc1cccc(CN2CCC(Cl)CC2)n1. The highest BCUT2D eigenvalue weighted by atomic mass is 35.5. The third-order valence-corrected chi connectivity index (χ3v) is 3.33. The molecular weight excluding hydrogens is 224 g/mol. The number of aromatic nitrogens is 1. The molecule has 2 heterocycles. The van der Waals surface area contributed by atoms with Gasteiger partial charge in [0.15, 0.2) is 0 Å². The zero-order chi connectivity index (χ0) is 11.4. The van der Waals surface area contributed by atoms with Crippen LogP contribution in [0.5, 0.6) is 5.88 Å². The Morgan fingerprint density at radius 3 is 2.88 bits per heavy atom. The lowest BCUT2D eigenvalue weighted by molar-refractivity contribution is 0.220. The van der Waals surface area contributed by atoms with Crippen LogP contribution in [-0.4, -0.2) is 35.5 Å². The van der Waals surface area contributed by atoms with Crippen molar-refractivity contribution in [3.63, 3.8) is 0 Å². The van der Waals surface area contributed by atoms with Gasteiger partial charge in [-0.3, -0.25) is 4.90 Å². The Morgan fingerprint density at radius 2 is 2.19 bits per heavy atom. The second-order valence-electron chi connectivity index (χ2n) is 4.12. The van der Waals surface area contributed by atoms with E-state index in [9.17, 15) is 0 Å². The van der Waals surface area contributed by atoms with Crippen LogP contribution in [0.15, 0.2) is 18.2 Å². The van der Waals surface area contributed by atoms with Gasteiger partial charge in [0.2, 0.25) is 5.88 Å². The summed E-state index contributed by atoms with van der Waals surface area (Å²) in [5.74, 6) is 0.685. The molecule has 4 heteroatoms. The topological polar surface area (TPSA) is 25.4 Å². The summed E-state index contributed by atoms with van der Waals surface area (Å²) in [6, 6.07) is 5.89. The van der Waals surface area contributed by atoms with E-state index in [1.165, 1.54) is 0 Å². The van der Waals surface area contributed by atoms with Gasteiger partial charge >= 0.3 is 0 Å². The average molecular weight is 241 g/mol. The third kappa shape index (κ3) is 3.09. The summed E-state index contributed by atoms with van der Waals surface area (Å²) in [6.07, 6.45) is 2.15. The number of likely N-dealkylation sites (tertiary alicyclic amines) is 1. The van der Waals surface area contributed by atoms with Gasteiger partial charge in [-0.1, -0.05) is 6.07 Å². The van der Waals surface area contributed by atoms with Crippen molar-refractivity contribution >= 4 is 11.6 Å². The van der Waals surface area contributed by atoms with E-state index in [1.54, 1.807) is 7.11 Å². The number of alkyl halides is 1. The summed E-state index contributed by atoms with van der Waals surface area (Å²) in [6.45, 7) is 3.01. The molecule has 1 saturated heterocycles. The fraction of sp³-hybridized carbons (Fsp3) is 0.583. The first-order chi connectivity index (χ1) is 7.78. The van der Waals surface area contributed by atoms with E-state index >= 15 is 0 Å². The molecule has 0 aromatic carbocycles. The van der Waals surface area contributed by atoms with E-state index < -0.39 is 0 Å². The highest BCUT2D eigenvalue weighted by molar-refractivity contribution is 6.20. The van der Waals surface area contributed by atoms with E-state index in [0.717, 1.165) is 38.2 Å². The number of nitrogens with zero attached hydrogens (tertiary/aromatic N) is 2. The number of hydrogen-bond donors (Lipinski definition) is 0. The number of ether oxygens (including phenoxy) is 1. The molecule has 2 rings (SSSR count). The minimum absolute atomic E-state index is 0.356. The van der Waals surface area contributed by atoms with E-state index in [-0.39, 0.29) is 0 Å². The Kier molecular flexibility index (Phi) is 4.02. The van der Waals surface area contributed by atoms with Crippen molar-refractivity contribution in [2.45, 2.75) is 24.8 Å². The van der Waals surface area contributed by atoms with E-state index in [2.05, 4.69) is 9.88 Å². The quantitative estimate of drug-likeness (QED) is 0.758. The minimum Gasteiger partial charge on any atom is -0.481 e. The van der Waals surface area contributed by atoms with Crippen molar-refractivity contribution in [1.29, 1.82) is 0 Å². The molecule has 0 bridgehead atoms. The van der Waals surface area contributed by atoms with Crippen LogP contribution in [0.3, 0.4) is 0 Å². The second kappa shape index (κ2) is 5.51. The van der Waals surface area contributed by atoms with Gasteiger partial charge < -0.3 is 4.74 Å². The van der Waals surface area contributed by atoms with E-state index in [0.29, 0.717) is 11.3 Å². The van der Waals surface area contributed by atoms with Crippen molar-refractivity contribution in [3.8, 4) is 5.88 Å². The molecular formula is C12H17ClN2O. The zero-order valence-electron chi connectivity index (χ0n) is 9.53. The van der Waals surface area contributed by atoms with Gasteiger partial charge in [-0.05, 0) is 32.0 Å². The lowest BCUT2D eigenvalue weighted by atomic mass is 10.1. The summed E-state index contributed by atoms with van der Waals surface area (Å²) in [7, 11) is 1.64. The molecule has 0 N–H and O–H groups in total. The Balaban J connectivity index is 1.93. The van der Waals surface area contributed by atoms with E-state index in [4.69, 9.17) is 16.3 Å². The Morgan fingerprint density at radius 1 is 1.44 bits per heavy atom. The molecule has 0 spiro atoms. The fourth-order valence-electron chi connectivity index (χ4n) is 1.95. The number of rotatable bonds is 3. The fourth-order valence-corrected chi connectivity index (χ4v) is 2.14. The smallest absolute Gasteiger partial charge is 0.213 e. The lowest BCUT2D eigenvalue weighted by Crippen LogP contribution is -2.33. The molecule has 0 radical (unpaired) electrons. The number of halogens is 1. The molecule has 16 heavy (non-hydrogen) atoms. The predicted molar refractivity (Wildman–Crippen MR) is 64.9 cm³/mol. The van der Waals surface area contributed by atoms with Gasteiger partial charge in [0.05, 0.1) is 12.8 Å². The van der Waals surface area contributed by atoms with Crippen molar-refractivity contribution in [2.75, 3.05) is 20.2 Å². The molecule has 1 fully saturated rings. The molecule has 1 aromatic rings. The molecule has 3 nitrogen and oxygen atoms in total. The highest BCUT2D eigenvalue weighted by Crippen LogP contribution is 2.17. The van der Waals surface area contributed by atoms with Gasteiger partial charge in [0.1, 0.15) is 0 Å². The monoisotopic (exact) mass is 240 g/mol. The second-order valence-corrected chi connectivity index (χ2v) is 4.74. The first-order valence-corrected chi connectivity index (χ1v) is 6.08. The first kappa shape index (κ1) is 11.7. The summed E-state index contributed by atoms with van der Waals surface area (Å²) in [4.78, 5) is 6.80. The molecule has 0 unspecified atom stereocenters. The van der Waals surface area contributed by atoms with Gasteiger partial charge in [0, 0.05) is 18.0 Å². The molecule has 0 amide bonds. The molecule has 1 aliphatic rings. The third-order valence-electron chi connectivity index (χ3n) is 2.89. The molecule has 0 saturated carbocycles. The number of pyridine rings is 1. The Bertz CT molecular complexity index is 338. The summed E-state index contributed by atoms with van der Waals surface area (Å²) in [5, 5.41) is 0.356. The number of methoxy groups -OCH3 is 1. The van der Waals surface area contributed by atoms with Crippen LogP contribution in [0, 0.1) is 0 Å². The van der Waals surface area contributed by atoms with Crippen molar-refractivity contribution in [1.82, 2.24) is 9.88 Å². The van der Waals surface area contributed by atoms with Crippen molar-refractivity contribution in [3.05, 3.63) is 23.9 Å². The van der Waals surface area contributed by atoms with Crippen LogP contribution in [0.25, 0.3) is 0 Å². The minimum atomic E-state index is 0.356. The van der Waals surface area contributed by atoms with Gasteiger partial charge in [-0.2, -0.15) is 0 Å². The number of hydrogen-bond acceptors (Lipinski definition) is 3. The molecule has 0 aliphatic carbocycles. The summed E-state index contributed by atoms with van der Waals surface area (Å²) < 4.78 is 5.11. The first-order valence-electron chi connectivity index (χ1n) is 5.64. The standard InChI is InChI=1S/C12H17ClN2O/c1-16-12-4-2-3-11(14-12)9-15-7-5-10(13)6-8-15/h2-4,10H,5-9H2,1H3. The zero-order valence-corrected chi connectivity index (χ0v) is 10.3. The molecule has 1 aliphatic heterocycles. The predicted octanol–water partition coefficient (Wildman–Crippen LogP) is 2.29. The maximum Gasteiger partial charge on any atom is 0.213 e. The van der Waals surface area contributed by atoms with Crippen LogP contribution in [0.2, 0.25) is 0 Å². The van der Waals surface area contributed by atoms with Gasteiger partial charge in [-0.15, -0.1) is 11.6 Å². The molecule has 0 atom stereocenters. The van der Waals surface area contributed by atoms with Crippen LogP contribution < -0.4 is 4.74 Å². The van der Waals surface area contributed by atoms with Crippen LogP contribution >= 0.6 is 11.6 Å². The average Bonchev–Trinajstić information content (AvgIpc) is 2.32. The normalized spacial score (nSPS) is 18.6. The van der Waals surface area contributed by atoms with Crippen molar-refractivity contribution in [2.24, 2.45) is 0 Å². The van der Waals surface area contributed by atoms with E-state index in [1.807, 2.05) is 18.2 Å². The van der Waals surface area contributed by atoms with Gasteiger partial charge in [0.25, 0.3) is 0 Å². The maximum absolute atomic E-state index is 6.07. The highest BCUT2D eigenvalue weighted by Gasteiger charge is 2.17. The van der Waals surface area contributed by atoms with Crippen molar-refractivity contribution < 1.29 is 4.74 Å². The maximum atomic E-state index is 6.07. The summed E-state index contributed by atoms with van der Waals surface area (Å²) in [5.41, 5.74) is 1.06. The lowest BCUT2D eigenvalue weighted by Gasteiger charge is -2.28.